The van der Waals surface area contributed by atoms with Crippen molar-refractivity contribution in [3.05, 3.63) is 78.0 Å². The van der Waals surface area contributed by atoms with Crippen LogP contribution in [0.25, 0.3) is 5.65 Å². The zero-order chi connectivity index (χ0) is 24.5. The average molecular weight is 483 g/mol. The minimum atomic E-state index is -0.0859. The molecule has 0 saturated carbocycles. The molecule has 1 amide bonds. The zero-order valence-electron chi connectivity index (χ0n) is 19.8. The van der Waals surface area contributed by atoms with Crippen LogP contribution in [0.15, 0.2) is 82.5 Å². The van der Waals surface area contributed by atoms with Crippen LogP contribution in [0.1, 0.15) is 18.4 Å². The van der Waals surface area contributed by atoms with Crippen molar-refractivity contribution >= 4 is 29.4 Å². The number of hydrogen-bond donors (Lipinski definition) is 2. The fraction of sp³-hybridized carbons (Fsp3) is 0.259. The molecule has 1 aliphatic carbocycles. The predicted molar refractivity (Wildman–Crippen MR) is 137 cm³/mol. The first kappa shape index (κ1) is 22.2. The molecule has 4 heterocycles. The van der Waals surface area contributed by atoms with Crippen molar-refractivity contribution < 1.29 is 14.3 Å². The van der Waals surface area contributed by atoms with Crippen molar-refractivity contribution in [2.45, 2.75) is 19.8 Å². The van der Waals surface area contributed by atoms with E-state index in [1.165, 1.54) is 0 Å². The molecule has 9 nitrogen and oxygen atoms in total. The Balaban J connectivity index is 1.18. The van der Waals surface area contributed by atoms with Crippen LogP contribution in [-0.2, 0) is 9.53 Å². The Morgan fingerprint density at radius 2 is 2.19 bits per heavy atom. The van der Waals surface area contributed by atoms with Gasteiger partial charge in [0.1, 0.15) is 23.0 Å². The van der Waals surface area contributed by atoms with Gasteiger partial charge in [0.2, 0.25) is 5.91 Å². The van der Waals surface area contributed by atoms with Crippen LogP contribution in [0.3, 0.4) is 0 Å². The third-order valence-electron chi connectivity index (χ3n) is 6.59. The molecule has 6 rings (SSSR count). The summed E-state index contributed by atoms with van der Waals surface area (Å²) in [4.78, 5) is 26.2. The van der Waals surface area contributed by atoms with E-state index in [0.29, 0.717) is 25.5 Å². The number of amidine groups is 1. The molecule has 3 aliphatic rings. The van der Waals surface area contributed by atoms with Crippen molar-refractivity contribution in [3.63, 3.8) is 0 Å². The summed E-state index contributed by atoms with van der Waals surface area (Å²) in [6.07, 6.45) is 12.5. The smallest absolute Gasteiger partial charge is 0.229 e. The Kier molecular flexibility index (Phi) is 5.82. The molecule has 2 atom stereocenters. The van der Waals surface area contributed by atoms with Crippen LogP contribution in [0.2, 0.25) is 0 Å². The molecule has 0 bridgehead atoms. The number of aryl methyl sites for hydroxylation is 1. The number of hydrogen-bond acceptors (Lipinski definition) is 6. The van der Waals surface area contributed by atoms with Gasteiger partial charge >= 0.3 is 0 Å². The number of rotatable bonds is 5. The van der Waals surface area contributed by atoms with E-state index in [-0.39, 0.29) is 17.7 Å². The summed E-state index contributed by atoms with van der Waals surface area (Å²) in [7, 11) is 0. The van der Waals surface area contributed by atoms with Gasteiger partial charge in [-0.2, -0.15) is 0 Å². The van der Waals surface area contributed by atoms with Crippen LogP contribution >= 0.6 is 0 Å². The lowest BCUT2D eigenvalue weighted by Crippen LogP contribution is -2.36. The van der Waals surface area contributed by atoms with Gasteiger partial charge in [0.05, 0.1) is 30.5 Å². The highest BCUT2D eigenvalue weighted by atomic mass is 16.5. The molecular weight excluding hydrogens is 456 g/mol. The number of amides is 1. The lowest BCUT2D eigenvalue weighted by Gasteiger charge is -2.28. The lowest BCUT2D eigenvalue weighted by molar-refractivity contribution is -0.124. The van der Waals surface area contributed by atoms with Crippen LogP contribution in [0.4, 0.5) is 5.69 Å². The number of pyridine rings is 1. The highest BCUT2D eigenvalue weighted by Gasteiger charge is 2.29. The molecule has 182 valence electrons. The SMILES string of the molecule is Cc1cc(N=C2N=CNC3=CC=C(NC(=O)C4CCOC4)CC32)ccc1Oc1ccn2ccnc2c1. The van der Waals surface area contributed by atoms with Crippen LogP contribution in [-0.4, -0.2) is 40.7 Å². The van der Waals surface area contributed by atoms with Crippen LogP contribution in [0, 0.1) is 18.8 Å². The highest BCUT2D eigenvalue weighted by Crippen LogP contribution is 2.32. The molecule has 2 unspecified atom stereocenters. The fourth-order valence-corrected chi connectivity index (χ4v) is 4.58. The van der Waals surface area contributed by atoms with E-state index in [9.17, 15) is 4.79 Å². The predicted octanol–water partition coefficient (Wildman–Crippen LogP) is 4.04. The third-order valence-corrected chi connectivity index (χ3v) is 6.59. The van der Waals surface area contributed by atoms with Gasteiger partial charge in [-0.05, 0) is 55.3 Å². The monoisotopic (exact) mass is 482 g/mol. The quantitative estimate of drug-likeness (QED) is 0.572. The number of nitrogens with zero attached hydrogens (tertiary/aromatic N) is 4. The Morgan fingerprint density at radius 1 is 1.25 bits per heavy atom. The van der Waals surface area contributed by atoms with Gasteiger partial charge in [-0.3, -0.25) is 4.79 Å². The van der Waals surface area contributed by atoms with Gasteiger partial charge < -0.3 is 24.5 Å². The number of carbonyl (C=O) groups is 1. The number of nitrogens with one attached hydrogen (secondary N) is 2. The van der Waals surface area contributed by atoms with E-state index in [2.05, 4.69) is 20.6 Å². The average Bonchev–Trinajstić information content (AvgIpc) is 3.58. The summed E-state index contributed by atoms with van der Waals surface area (Å²) >= 11 is 0. The van der Waals surface area contributed by atoms with Gasteiger partial charge in [0.15, 0.2) is 0 Å². The lowest BCUT2D eigenvalue weighted by atomic mass is 9.92. The number of fused-ring (bicyclic) bond motifs is 2. The number of aromatic nitrogens is 2. The number of imidazole rings is 1. The molecule has 36 heavy (non-hydrogen) atoms. The topological polar surface area (TPSA) is 102 Å². The third kappa shape index (κ3) is 4.52. The Morgan fingerprint density at radius 3 is 3.06 bits per heavy atom. The Labute approximate surface area is 208 Å². The van der Waals surface area contributed by atoms with E-state index in [1.807, 2.05) is 66.2 Å². The normalized spacial score (nSPS) is 22.1. The first-order valence-electron chi connectivity index (χ1n) is 12.0. The maximum absolute atomic E-state index is 12.6. The van der Waals surface area contributed by atoms with E-state index in [4.69, 9.17) is 14.5 Å². The van der Waals surface area contributed by atoms with Crippen molar-refractivity contribution in [2.24, 2.45) is 21.8 Å². The molecule has 2 N–H and O–H groups in total. The van der Waals surface area contributed by atoms with E-state index < -0.39 is 0 Å². The highest BCUT2D eigenvalue weighted by molar-refractivity contribution is 5.98. The summed E-state index contributed by atoms with van der Waals surface area (Å²) in [6, 6.07) is 9.64. The minimum Gasteiger partial charge on any atom is -0.457 e. The molecule has 9 heteroatoms. The molecule has 3 aromatic rings. The Bertz CT molecular complexity index is 1440. The summed E-state index contributed by atoms with van der Waals surface area (Å²) in [5.41, 5.74) is 4.46. The molecule has 1 saturated heterocycles. The maximum Gasteiger partial charge on any atom is 0.229 e. The molecule has 2 aliphatic heterocycles. The summed E-state index contributed by atoms with van der Waals surface area (Å²) in [6.45, 7) is 3.12. The van der Waals surface area contributed by atoms with Crippen molar-refractivity contribution in [2.75, 3.05) is 13.2 Å². The van der Waals surface area contributed by atoms with Crippen molar-refractivity contribution in [1.29, 1.82) is 0 Å². The number of carbonyl (C=O) groups excluding carboxylic acids is 1. The van der Waals surface area contributed by atoms with Crippen LogP contribution < -0.4 is 15.4 Å². The maximum atomic E-state index is 12.6. The van der Waals surface area contributed by atoms with E-state index >= 15 is 0 Å². The van der Waals surface area contributed by atoms with Crippen molar-refractivity contribution in [3.8, 4) is 11.5 Å². The van der Waals surface area contributed by atoms with Crippen LogP contribution in [0.5, 0.6) is 11.5 Å². The number of benzene rings is 1. The Hall–Kier alpha value is -4.24. The number of aliphatic imine (C=N–C) groups is 2. The van der Waals surface area contributed by atoms with Gasteiger partial charge in [-0.1, -0.05) is 0 Å². The summed E-state index contributed by atoms with van der Waals surface area (Å²) in [5.74, 6) is 2.04. The van der Waals surface area contributed by atoms with Gasteiger partial charge in [0.25, 0.3) is 0 Å². The standard InChI is InChI=1S/C27H26N6O3/c1-17-12-19(3-5-24(17)36-21-6-9-33-10-8-28-25(33)14-21)31-26-22-13-20(2-4-23(22)29-16-30-26)32-27(34)18-7-11-35-15-18/h2-6,8-10,12,14,16,18,22H,7,11,13,15H2,1H3,(H,32,34)(H,29,30,31). The molecule has 2 aromatic heterocycles. The molecule has 0 spiro atoms. The van der Waals surface area contributed by atoms with Crippen molar-refractivity contribution in [1.82, 2.24) is 20.0 Å². The first-order valence-corrected chi connectivity index (χ1v) is 12.0. The molecule has 1 fully saturated rings. The minimum absolute atomic E-state index is 0.0134. The zero-order valence-corrected chi connectivity index (χ0v) is 19.8. The molecule has 0 radical (unpaired) electrons. The fourth-order valence-electron chi connectivity index (χ4n) is 4.58. The molecule has 1 aromatic carbocycles. The second-order valence-electron chi connectivity index (χ2n) is 9.10. The number of allylic oxidation sites excluding steroid dienone is 3. The van der Waals surface area contributed by atoms with Gasteiger partial charge in [-0.15, -0.1) is 0 Å². The summed E-state index contributed by atoms with van der Waals surface area (Å²) < 4.78 is 13.4. The van der Waals surface area contributed by atoms with E-state index in [1.54, 1.807) is 12.5 Å². The molecular formula is C27H26N6O3. The number of ether oxygens (including phenoxy) is 2. The van der Waals surface area contributed by atoms with E-state index in [0.717, 1.165) is 46.2 Å². The largest absolute Gasteiger partial charge is 0.457 e. The summed E-state index contributed by atoms with van der Waals surface area (Å²) in [5, 5.41) is 6.28. The second kappa shape index (κ2) is 9.43. The van der Waals surface area contributed by atoms with Gasteiger partial charge in [-0.25, -0.2) is 15.0 Å². The second-order valence-corrected chi connectivity index (χ2v) is 9.10. The first-order chi connectivity index (χ1) is 17.6. The van der Waals surface area contributed by atoms with Gasteiger partial charge in [0, 0.05) is 49.1 Å².